The van der Waals surface area contributed by atoms with E-state index in [2.05, 4.69) is 167 Å². The summed E-state index contributed by atoms with van der Waals surface area (Å²) >= 11 is 0. The Bertz CT molecular complexity index is 2250. The summed E-state index contributed by atoms with van der Waals surface area (Å²) in [6.45, 7) is 2.19. The molecule has 1 atom stereocenters. The van der Waals surface area contributed by atoms with Gasteiger partial charge < -0.3 is 4.90 Å². The minimum atomic E-state index is 0.0314. The fourth-order valence-corrected chi connectivity index (χ4v) is 7.02. The standard InChI is InChI=1S/C40H30N5/c1-2-37-41-38-31(25-26-36-40(38)44(37)35-20-12-11-19-34(35)43(36)29-15-7-4-8-16-29)27-21-23-30(24-22-27)45-39(28-13-5-3-6-14-28)32-17-9-10-18-33(32)42-45/h3-26,39H,2H2,1H3/q+1. The molecule has 2 aliphatic heterocycles. The lowest BCUT2D eigenvalue weighted by Gasteiger charge is -2.33. The zero-order valence-electron chi connectivity index (χ0n) is 24.9. The first-order chi connectivity index (χ1) is 22.3. The third-order valence-electron chi connectivity index (χ3n) is 9.04. The van der Waals surface area contributed by atoms with E-state index in [1.54, 1.807) is 0 Å². The van der Waals surface area contributed by atoms with Gasteiger partial charge in [-0.3, -0.25) is 4.57 Å². The molecule has 5 heteroatoms. The van der Waals surface area contributed by atoms with Crippen molar-refractivity contribution in [3.8, 4) is 16.8 Å². The maximum Gasteiger partial charge on any atom is 0.237 e. The molecule has 1 aromatic heterocycles. The minimum Gasteiger partial charge on any atom is -0.306 e. The highest BCUT2D eigenvalue weighted by molar-refractivity contribution is 6.06. The highest BCUT2D eigenvalue weighted by Gasteiger charge is 2.37. The van der Waals surface area contributed by atoms with Gasteiger partial charge >= 0.3 is 0 Å². The maximum atomic E-state index is 5.29. The summed E-state index contributed by atoms with van der Waals surface area (Å²) in [6, 6.07) is 51.6. The van der Waals surface area contributed by atoms with Crippen LogP contribution in [-0.4, -0.2) is 14.2 Å². The molecule has 9 rings (SSSR count). The summed E-state index contributed by atoms with van der Waals surface area (Å²) in [4.78, 5) is 7.66. The van der Waals surface area contributed by atoms with Crippen LogP contribution >= 0.6 is 0 Å². The number of imidazole rings is 1. The SMILES string of the molecule is CCc1nc2c(-c3ccc([N+]4=Nc5ccccc5C4c4ccccc4)cc3)ccc3c2n1-c1ccccc1N3c1ccccc1. The Labute approximate surface area is 262 Å². The third-order valence-corrected chi connectivity index (χ3v) is 9.04. The fraction of sp³-hybridized carbons (Fsp3) is 0.0750. The Kier molecular flexibility index (Phi) is 5.78. The maximum absolute atomic E-state index is 5.29. The van der Waals surface area contributed by atoms with Crippen LogP contribution in [0.15, 0.2) is 151 Å². The number of para-hydroxylation sites is 3. The van der Waals surface area contributed by atoms with Crippen molar-refractivity contribution >= 4 is 39.5 Å². The van der Waals surface area contributed by atoms with Crippen LogP contribution in [0, 0.1) is 0 Å². The Hall–Kier alpha value is -5.81. The number of aromatic nitrogens is 2. The van der Waals surface area contributed by atoms with E-state index in [0.29, 0.717) is 0 Å². The Morgan fingerprint density at radius 2 is 1.33 bits per heavy atom. The molecule has 214 valence electrons. The molecular formula is C40H30N5+. The van der Waals surface area contributed by atoms with E-state index >= 15 is 0 Å². The minimum absolute atomic E-state index is 0.0314. The van der Waals surface area contributed by atoms with Crippen LogP contribution in [-0.2, 0) is 6.42 Å². The number of hydrogen-bond acceptors (Lipinski definition) is 3. The van der Waals surface area contributed by atoms with Crippen LogP contribution in [0.1, 0.15) is 29.9 Å². The summed E-state index contributed by atoms with van der Waals surface area (Å²) < 4.78 is 4.52. The van der Waals surface area contributed by atoms with E-state index in [1.165, 1.54) is 11.1 Å². The predicted molar refractivity (Wildman–Crippen MR) is 181 cm³/mol. The van der Waals surface area contributed by atoms with Crippen LogP contribution in [0.3, 0.4) is 0 Å². The van der Waals surface area contributed by atoms with Crippen molar-refractivity contribution in [2.75, 3.05) is 4.90 Å². The number of azo groups is 2. The second kappa shape index (κ2) is 10.1. The Balaban J connectivity index is 1.18. The highest BCUT2D eigenvalue weighted by Crippen LogP contribution is 2.49. The largest absolute Gasteiger partial charge is 0.306 e. The summed E-state index contributed by atoms with van der Waals surface area (Å²) in [5, 5.41) is 5.06. The fourth-order valence-electron chi connectivity index (χ4n) is 7.02. The second-order valence-electron chi connectivity index (χ2n) is 11.6. The molecule has 6 aromatic carbocycles. The number of aryl methyl sites for hydroxylation is 1. The van der Waals surface area contributed by atoms with Crippen molar-refractivity contribution in [2.24, 2.45) is 5.11 Å². The van der Waals surface area contributed by atoms with Crippen molar-refractivity contribution in [3.63, 3.8) is 0 Å². The van der Waals surface area contributed by atoms with Crippen LogP contribution in [0.5, 0.6) is 0 Å². The van der Waals surface area contributed by atoms with Gasteiger partial charge in [-0.25, -0.2) is 4.98 Å². The van der Waals surface area contributed by atoms with Gasteiger partial charge in [0.15, 0.2) is 0 Å². The van der Waals surface area contributed by atoms with Gasteiger partial charge in [0.1, 0.15) is 11.5 Å². The van der Waals surface area contributed by atoms with Gasteiger partial charge in [0.2, 0.25) is 11.7 Å². The van der Waals surface area contributed by atoms with Crippen molar-refractivity contribution < 1.29 is 4.70 Å². The second-order valence-corrected chi connectivity index (χ2v) is 11.6. The van der Waals surface area contributed by atoms with E-state index < -0.39 is 0 Å². The van der Waals surface area contributed by atoms with E-state index in [9.17, 15) is 0 Å². The molecule has 5 nitrogen and oxygen atoms in total. The van der Waals surface area contributed by atoms with Gasteiger partial charge in [0.05, 0.1) is 33.7 Å². The van der Waals surface area contributed by atoms with Gasteiger partial charge in [-0.2, -0.15) is 0 Å². The van der Waals surface area contributed by atoms with E-state index in [4.69, 9.17) is 10.1 Å². The molecule has 0 radical (unpaired) electrons. The Morgan fingerprint density at radius 3 is 2.11 bits per heavy atom. The van der Waals surface area contributed by atoms with Crippen molar-refractivity contribution in [3.05, 3.63) is 163 Å². The summed E-state index contributed by atoms with van der Waals surface area (Å²) in [5.74, 6) is 1.06. The molecule has 3 heterocycles. The number of fused-ring (bicyclic) bond motifs is 3. The number of hydrogen-bond donors (Lipinski definition) is 0. The summed E-state index contributed by atoms with van der Waals surface area (Å²) in [6.07, 6.45) is 0.837. The van der Waals surface area contributed by atoms with Crippen LogP contribution in [0.25, 0.3) is 27.8 Å². The van der Waals surface area contributed by atoms with Crippen LogP contribution in [0.4, 0.5) is 28.4 Å². The smallest absolute Gasteiger partial charge is 0.237 e. The molecule has 0 saturated carbocycles. The summed E-state index contributed by atoms with van der Waals surface area (Å²) in [5.41, 5.74) is 13.5. The van der Waals surface area contributed by atoms with Crippen molar-refractivity contribution in [2.45, 2.75) is 19.4 Å². The average Bonchev–Trinajstić information content (AvgIpc) is 3.70. The average molecular weight is 581 g/mol. The molecule has 2 aliphatic rings. The van der Waals surface area contributed by atoms with Crippen molar-refractivity contribution in [1.82, 2.24) is 9.55 Å². The lowest BCUT2D eigenvalue weighted by atomic mass is 9.97. The molecule has 0 bridgehead atoms. The van der Waals surface area contributed by atoms with E-state index in [1.807, 2.05) is 0 Å². The zero-order chi connectivity index (χ0) is 29.9. The van der Waals surface area contributed by atoms with Gasteiger partial charge in [-0.1, -0.05) is 84.4 Å². The van der Waals surface area contributed by atoms with Crippen LogP contribution < -0.4 is 4.90 Å². The number of anilines is 3. The molecular weight excluding hydrogens is 550 g/mol. The zero-order valence-corrected chi connectivity index (χ0v) is 24.9. The monoisotopic (exact) mass is 580 g/mol. The topological polar surface area (TPSA) is 36.4 Å². The number of nitrogens with zero attached hydrogens (tertiary/aromatic N) is 5. The molecule has 7 aromatic rings. The molecule has 0 spiro atoms. The van der Waals surface area contributed by atoms with Crippen LogP contribution in [0.2, 0.25) is 0 Å². The highest BCUT2D eigenvalue weighted by atomic mass is 15.3. The van der Waals surface area contributed by atoms with Gasteiger partial charge in [0.25, 0.3) is 0 Å². The first-order valence-corrected chi connectivity index (χ1v) is 15.5. The lowest BCUT2D eigenvalue weighted by molar-refractivity contribution is -0.536. The molecule has 0 saturated heterocycles. The number of rotatable bonds is 5. The van der Waals surface area contributed by atoms with E-state index in [0.717, 1.165) is 68.5 Å². The molecule has 0 fully saturated rings. The first-order valence-electron chi connectivity index (χ1n) is 15.5. The molecule has 45 heavy (non-hydrogen) atoms. The van der Waals surface area contributed by atoms with Crippen molar-refractivity contribution in [1.29, 1.82) is 0 Å². The van der Waals surface area contributed by atoms with Gasteiger partial charge in [0, 0.05) is 40.5 Å². The molecule has 0 N–H and O–H groups in total. The van der Waals surface area contributed by atoms with E-state index in [-0.39, 0.29) is 6.04 Å². The lowest BCUT2D eigenvalue weighted by Crippen LogP contribution is -2.19. The Morgan fingerprint density at radius 1 is 0.644 bits per heavy atom. The molecule has 1 unspecified atom stereocenters. The van der Waals surface area contributed by atoms with Gasteiger partial charge in [-0.05, 0) is 66.2 Å². The number of benzene rings is 6. The predicted octanol–water partition coefficient (Wildman–Crippen LogP) is 10.6. The normalized spacial score (nSPS) is 14.7. The summed E-state index contributed by atoms with van der Waals surface area (Å²) in [7, 11) is 0. The first kappa shape index (κ1) is 25.7. The molecule has 0 amide bonds. The third kappa shape index (κ3) is 3.90. The quantitative estimate of drug-likeness (QED) is 0.190. The van der Waals surface area contributed by atoms with Gasteiger partial charge in [-0.15, -0.1) is 0 Å². The molecule has 0 aliphatic carbocycles.